The normalized spacial score (nSPS) is 13.6. The number of ether oxygens (including phenoxy) is 1. The topological polar surface area (TPSA) is 41.6 Å². The second-order valence-corrected chi connectivity index (χ2v) is 4.93. The first-order chi connectivity index (χ1) is 9.57. The van der Waals surface area contributed by atoms with E-state index in [2.05, 4.69) is 29.3 Å². The van der Waals surface area contributed by atoms with E-state index in [1.807, 2.05) is 39.0 Å². The first-order valence-electron chi connectivity index (χ1n) is 7.29. The highest BCUT2D eigenvalue weighted by atomic mass is 16.5. The summed E-state index contributed by atoms with van der Waals surface area (Å²) in [7, 11) is 0. The van der Waals surface area contributed by atoms with E-state index in [0.717, 1.165) is 18.8 Å². The maximum atomic E-state index is 12.2. The summed E-state index contributed by atoms with van der Waals surface area (Å²) in [5, 5.41) is 3.26. The van der Waals surface area contributed by atoms with Crippen LogP contribution in [0.5, 0.6) is 0 Å². The number of carbonyl (C=O) groups excluding carboxylic acids is 1. The van der Waals surface area contributed by atoms with Crippen LogP contribution < -0.4 is 10.2 Å². The van der Waals surface area contributed by atoms with E-state index in [1.54, 1.807) is 0 Å². The second-order valence-electron chi connectivity index (χ2n) is 4.93. The molecule has 0 spiro atoms. The zero-order valence-electron chi connectivity index (χ0n) is 13.0. The van der Waals surface area contributed by atoms with Crippen molar-refractivity contribution in [1.29, 1.82) is 0 Å². The molecule has 4 heteroatoms. The smallest absolute Gasteiger partial charge is 0.327 e. The molecule has 0 saturated carbocycles. The van der Waals surface area contributed by atoms with Crippen LogP contribution in [0.4, 0.5) is 5.69 Å². The van der Waals surface area contributed by atoms with Gasteiger partial charge in [0.15, 0.2) is 0 Å². The Morgan fingerprint density at radius 2 is 1.90 bits per heavy atom. The highest BCUT2D eigenvalue weighted by molar-refractivity contribution is 5.81. The second kappa shape index (κ2) is 7.90. The van der Waals surface area contributed by atoms with Gasteiger partial charge in [-0.3, -0.25) is 0 Å². The monoisotopic (exact) mass is 278 g/mol. The molecule has 1 atom stereocenters. The van der Waals surface area contributed by atoms with E-state index >= 15 is 0 Å². The van der Waals surface area contributed by atoms with Crippen molar-refractivity contribution in [3.8, 4) is 0 Å². The molecule has 0 heterocycles. The van der Waals surface area contributed by atoms with E-state index < -0.39 is 5.54 Å². The van der Waals surface area contributed by atoms with Gasteiger partial charge in [-0.15, -0.1) is 0 Å². The van der Waals surface area contributed by atoms with Gasteiger partial charge in [0.05, 0.1) is 6.61 Å². The lowest BCUT2D eigenvalue weighted by Gasteiger charge is -2.35. The Labute approximate surface area is 122 Å². The molecule has 0 aliphatic heterocycles. The molecule has 1 unspecified atom stereocenters. The van der Waals surface area contributed by atoms with Crippen molar-refractivity contribution >= 4 is 11.7 Å². The fraction of sp³-hybridized carbons (Fsp3) is 0.562. The van der Waals surface area contributed by atoms with Gasteiger partial charge < -0.3 is 15.0 Å². The van der Waals surface area contributed by atoms with Gasteiger partial charge in [-0.2, -0.15) is 0 Å². The van der Waals surface area contributed by atoms with Crippen molar-refractivity contribution in [3.63, 3.8) is 0 Å². The first-order valence-corrected chi connectivity index (χ1v) is 7.29. The van der Waals surface area contributed by atoms with E-state index in [4.69, 9.17) is 4.74 Å². The lowest BCUT2D eigenvalue weighted by molar-refractivity contribution is -0.150. The average Bonchev–Trinajstić information content (AvgIpc) is 2.46. The van der Waals surface area contributed by atoms with Gasteiger partial charge >= 0.3 is 5.97 Å². The lowest BCUT2D eigenvalue weighted by atomic mass is 10.0. The average molecular weight is 278 g/mol. The largest absolute Gasteiger partial charge is 0.465 e. The summed E-state index contributed by atoms with van der Waals surface area (Å²) in [4.78, 5) is 14.4. The number of hydrogen-bond donors (Lipinski definition) is 1. The number of carbonyl (C=O) groups is 1. The summed E-state index contributed by atoms with van der Waals surface area (Å²) in [6.07, 6.45) is 0. The number of anilines is 1. The number of rotatable bonds is 8. The van der Waals surface area contributed by atoms with Gasteiger partial charge in [0.25, 0.3) is 0 Å². The molecule has 0 aliphatic carbocycles. The molecule has 1 aromatic rings. The van der Waals surface area contributed by atoms with Crippen molar-refractivity contribution in [2.45, 2.75) is 33.2 Å². The predicted molar refractivity (Wildman–Crippen MR) is 83.0 cm³/mol. The zero-order valence-corrected chi connectivity index (χ0v) is 13.0. The molecule has 0 aliphatic rings. The van der Waals surface area contributed by atoms with Crippen LogP contribution in [0, 0.1) is 0 Å². The quantitative estimate of drug-likeness (QED) is 0.742. The third-order valence-electron chi connectivity index (χ3n) is 3.30. The van der Waals surface area contributed by atoms with E-state index in [9.17, 15) is 4.79 Å². The van der Waals surface area contributed by atoms with Gasteiger partial charge in [0.1, 0.15) is 5.54 Å². The number of esters is 1. The number of nitrogens with one attached hydrogen (secondary N) is 1. The SMILES string of the molecule is CCNC(C)(CN(CC)c1ccccc1)C(=O)OCC. The van der Waals surface area contributed by atoms with Crippen LogP contribution in [0.1, 0.15) is 27.7 Å². The molecule has 0 aromatic heterocycles. The Kier molecular flexibility index (Phi) is 6.52. The number of likely N-dealkylation sites (N-methyl/N-ethyl adjacent to an activating group) is 2. The van der Waals surface area contributed by atoms with Crippen LogP contribution >= 0.6 is 0 Å². The summed E-state index contributed by atoms with van der Waals surface area (Å²) < 4.78 is 5.21. The molecule has 0 radical (unpaired) electrons. The molecule has 0 fully saturated rings. The fourth-order valence-electron chi connectivity index (χ4n) is 2.28. The number of benzene rings is 1. The summed E-state index contributed by atoms with van der Waals surface area (Å²) in [6, 6.07) is 10.1. The summed E-state index contributed by atoms with van der Waals surface area (Å²) in [5.74, 6) is -0.198. The maximum absolute atomic E-state index is 12.2. The first kappa shape index (κ1) is 16.5. The van der Waals surface area contributed by atoms with Gasteiger partial charge in [0, 0.05) is 18.8 Å². The molecule has 20 heavy (non-hydrogen) atoms. The number of para-hydroxylation sites is 1. The molecule has 1 aromatic carbocycles. The number of hydrogen-bond acceptors (Lipinski definition) is 4. The standard InChI is InChI=1S/C16H26N2O2/c1-5-17-16(4,15(19)20-7-3)13-18(6-2)14-11-9-8-10-12-14/h8-12,17H,5-7,13H2,1-4H3. The Bertz CT molecular complexity index is 408. The van der Waals surface area contributed by atoms with Gasteiger partial charge in [0.2, 0.25) is 0 Å². The zero-order chi connectivity index (χ0) is 15.0. The van der Waals surface area contributed by atoms with Crippen LogP contribution in [0.2, 0.25) is 0 Å². The Balaban J connectivity index is 2.90. The highest BCUT2D eigenvalue weighted by Crippen LogP contribution is 2.18. The molecular weight excluding hydrogens is 252 g/mol. The third-order valence-corrected chi connectivity index (χ3v) is 3.30. The third kappa shape index (κ3) is 4.23. The molecule has 1 N–H and O–H groups in total. The fourth-order valence-corrected chi connectivity index (χ4v) is 2.28. The number of nitrogens with zero attached hydrogens (tertiary/aromatic N) is 1. The predicted octanol–water partition coefficient (Wildman–Crippen LogP) is 2.44. The molecule has 4 nitrogen and oxygen atoms in total. The minimum Gasteiger partial charge on any atom is -0.465 e. The summed E-state index contributed by atoms with van der Waals surface area (Å²) >= 11 is 0. The van der Waals surface area contributed by atoms with E-state index in [0.29, 0.717) is 13.2 Å². The Hall–Kier alpha value is -1.55. The van der Waals surface area contributed by atoms with Crippen LogP contribution in [0.15, 0.2) is 30.3 Å². The molecule has 0 bridgehead atoms. The van der Waals surface area contributed by atoms with Crippen molar-refractivity contribution in [1.82, 2.24) is 5.32 Å². The van der Waals surface area contributed by atoms with Crippen molar-refractivity contribution < 1.29 is 9.53 Å². The van der Waals surface area contributed by atoms with Crippen molar-refractivity contribution in [2.24, 2.45) is 0 Å². The minimum atomic E-state index is -0.698. The van der Waals surface area contributed by atoms with Crippen LogP contribution in [-0.4, -0.2) is 37.7 Å². The van der Waals surface area contributed by atoms with Crippen molar-refractivity contribution in [3.05, 3.63) is 30.3 Å². The Morgan fingerprint density at radius 1 is 1.25 bits per heavy atom. The molecular formula is C16H26N2O2. The van der Waals surface area contributed by atoms with Crippen LogP contribution in [0.25, 0.3) is 0 Å². The van der Waals surface area contributed by atoms with Gasteiger partial charge in [-0.1, -0.05) is 25.1 Å². The molecule has 0 amide bonds. The summed E-state index contributed by atoms with van der Waals surface area (Å²) in [6.45, 7) is 10.4. The van der Waals surface area contributed by atoms with Gasteiger partial charge in [-0.05, 0) is 39.4 Å². The maximum Gasteiger partial charge on any atom is 0.327 e. The lowest BCUT2D eigenvalue weighted by Crippen LogP contribution is -2.57. The van der Waals surface area contributed by atoms with Crippen molar-refractivity contribution in [2.75, 3.05) is 31.1 Å². The summed E-state index contributed by atoms with van der Waals surface area (Å²) in [5.41, 5.74) is 0.416. The van der Waals surface area contributed by atoms with Gasteiger partial charge in [-0.25, -0.2) is 4.79 Å². The van der Waals surface area contributed by atoms with E-state index in [-0.39, 0.29) is 5.97 Å². The minimum absolute atomic E-state index is 0.198. The van der Waals surface area contributed by atoms with E-state index in [1.165, 1.54) is 0 Å². The molecule has 0 saturated heterocycles. The van der Waals surface area contributed by atoms with Crippen LogP contribution in [0.3, 0.4) is 0 Å². The molecule has 112 valence electrons. The van der Waals surface area contributed by atoms with Crippen LogP contribution in [-0.2, 0) is 9.53 Å². The molecule has 1 rings (SSSR count). The Morgan fingerprint density at radius 3 is 2.40 bits per heavy atom. The highest BCUT2D eigenvalue weighted by Gasteiger charge is 2.35.